The van der Waals surface area contributed by atoms with Crippen molar-refractivity contribution in [2.45, 2.75) is 26.2 Å². The summed E-state index contributed by atoms with van der Waals surface area (Å²) in [7, 11) is 0. The van der Waals surface area contributed by atoms with Crippen LogP contribution in [0.2, 0.25) is 0 Å². The van der Waals surface area contributed by atoms with E-state index in [0.29, 0.717) is 0 Å². The fourth-order valence-corrected chi connectivity index (χ4v) is 3.37. The van der Waals surface area contributed by atoms with Gasteiger partial charge in [-0.1, -0.05) is 0 Å². The molecule has 5 heteroatoms. The minimum atomic E-state index is 0.131. The van der Waals surface area contributed by atoms with Crippen molar-refractivity contribution in [1.29, 1.82) is 0 Å². The van der Waals surface area contributed by atoms with Gasteiger partial charge in [-0.05, 0) is 62.6 Å². The van der Waals surface area contributed by atoms with Crippen molar-refractivity contribution in [1.82, 2.24) is 19.4 Å². The number of nitrogens with zero attached hydrogens (tertiary/aromatic N) is 4. The molecule has 0 aliphatic carbocycles. The largest absolute Gasteiger partial charge is 0.339 e. The van der Waals surface area contributed by atoms with Crippen LogP contribution in [0.15, 0.2) is 42.6 Å². The van der Waals surface area contributed by atoms with Crippen LogP contribution in [0.1, 0.15) is 35.4 Å². The predicted molar refractivity (Wildman–Crippen MR) is 93.4 cm³/mol. The molecule has 1 aliphatic rings. The first kappa shape index (κ1) is 14.9. The molecule has 4 rings (SSSR count). The van der Waals surface area contributed by atoms with Gasteiger partial charge >= 0.3 is 0 Å². The quantitative estimate of drug-likeness (QED) is 0.727. The minimum Gasteiger partial charge on any atom is -0.339 e. The van der Waals surface area contributed by atoms with Gasteiger partial charge in [0.25, 0.3) is 5.91 Å². The van der Waals surface area contributed by atoms with E-state index in [4.69, 9.17) is 0 Å². The van der Waals surface area contributed by atoms with Crippen LogP contribution in [0, 0.1) is 6.92 Å². The number of benzene rings is 1. The monoisotopic (exact) mass is 320 g/mol. The zero-order chi connectivity index (χ0) is 16.5. The third-order valence-electron chi connectivity index (χ3n) is 4.60. The first-order valence-corrected chi connectivity index (χ1v) is 8.44. The maximum absolute atomic E-state index is 12.6. The molecule has 0 radical (unpaired) electrons. The number of hydrogen-bond donors (Lipinski definition) is 0. The first-order chi connectivity index (χ1) is 11.7. The molecule has 5 nitrogen and oxygen atoms in total. The van der Waals surface area contributed by atoms with Crippen LogP contribution in [-0.4, -0.2) is 38.4 Å². The van der Waals surface area contributed by atoms with Crippen molar-refractivity contribution in [2.24, 2.45) is 0 Å². The van der Waals surface area contributed by atoms with Crippen LogP contribution in [-0.2, 0) is 0 Å². The highest BCUT2D eigenvalue weighted by Crippen LogP contribution is 2.20. The second-order valence-corrected chi connectivity index (χ2v) is 6.24. The van der Waals surface area contributed by atoms with Crippen LogP contribution in [0.5, 0.6) is 0 Å². The highest BCUT2D eigenvalue weighted by atomic mass is 16.2. The molecule has 0 atom stereocenters. The number of fused-ring (bicyclic) bond motifs is 1. The molecule has 0 unspecified atom stereocenters. The number of aryl methyl sites for hydroxylation is 1. The van der Waals surface area contributed by atoms with Gasteiger partial charge in [-0.15, -0.1) is 0 Å². The number of piperidine rings is 1. The van der Waals surface area contributed by atoms with E-state index in [1.54, 1.807) is 6.20 Å². The summed E-state index contributed by atoms with van der Waals surface area (Å²) in [6, 6.07) is 11.6. The van der Waals surface area contributed by atoms with Crippen molar-refractivity contribution in [2.75, 3.05) is 13.1 Å². The van der Waals surface area contributed by atoms with Crippen molar-refractivity contribution in [3.05, 3.63) is 54.0 Å². The van der Waals surface area contributed by atoms with Crippen LogP contribution in [0.4, 0.5) is 0 Å². The normalized spacial score (nSPS) is 15.0. The fraction of sp³-hybridized carbons (Fsp3) is 0.316. The summed E-state index contributed by atoms with van der Waals surface area (Å²) < 4.78 is 2.02. The van der Waals surface area contributed by atoms with E-state index >= 15 is 0 Å². The van der Waals surface area contributed by atoms with Crippen LogP contribution < -0.4 is 0 Å². The summed E-state index contributed by atoms with van der Waals surface area (Å²) in [6.45, 7) is 3.71. The average molecular weight is 320 g/mol. The molecular formula is C19H20N4O. The van der Waals surface area contributed by atoms with Crippen LogP contribution in [0.25, 0.3) is 16.9 Å². The molecule has 1 amide bonds. The Kier molecular flexibility index (Phi) is 3.76. The lowest BCUT2D eigenvalue weighted by Crippen LogP contribution is -2.35. The molecule has 1 aromatic carbocycles. The maximum atomic E-state index is 12.6. The van der Waals surface area contributed by atoms with Crippen LogP contribution in [0.3, 0.4) is 0 Å². The Morgan fingerprint density at radius 2 is 1.79 bits per heavy atom. The van der Waals surface area contributed by atoms with Gasteiger partial charge in [0.1, 0.15) is 11.3 Å². The SMILES string of the molecule is Cc1nc2cccnc2n1-c1ccc(C(=O)N2CCCCC2)cc1. The molecule has 0 N–H and O–H groups in total. The van der Waals surface area contributed by atoms with Gasteiger partial charge < -0.3 is 4.90 Å². The second-order valence-electron chi connectivity index (χ2n) is 6.24. The van der Waals surface area contributed by atoms with Crippen molar-refractivity contribution in [3.63, 3.8) is 0 Å². The Bertz CT molecular complexity index is 876. The Morgan fingerprint density at radius 3 is 2.54 bits per heavy atom. The molecule has 1 fully saturated rings. The number of rotatable bonds is 2. The molecule has 3 heterocycles. The molecule has 1 saturated heterocycles. The summed E-state index contributed by atoms with van der Waals surface area (Å²) in [5.74, 6) is 1.02. The Labute approximate surface area is 140 Å². The van der Waals surface area contributed by atoms with Crippen molar-refractivity contribution >= 4 is 17.1 Å². The molecular weight excluding hydrogens is 300 g/mol. The van der Waals surface area contributed by atoms with E-state index in [1.165, 1.54) is 6.42 Å². The number of likely N-dealkylation sites (tertiary alicyclic amines) is 1. The number of amides is 1. The summed E-state index contributed by atoms with van der Waals surface area (Å²) in [5.41, 5.74) is 3.44. The van der Waals surface area contributed by atoms with E-state index in [2.05, 4.69) is 9.97 Å². The van der Waals surface area contributed by atoms with Gasteiger partial charge in [-0.3, -0.25) is 9.36 Å². The molecule has 2 aromatic heterocycles. The zero-order valence-corrected chi connectivity index (χ0v) is 13.8. The van der Waals surface area contributed by atoms with Gasteiger partial charge in [0.2, 0.25) is 0 Å². The van der Waals surface area contributed by atoms with E-state index in [9.17, 15) is 4.79 Å². The van der Waals surface area contributed by atoms with Gasteiger partial charge in [-0.25, -0.2) is 9.97 Å². The fourth-order valence-electron chi connectivity index (χ4n) is 3.37. The summed E-state index contributed by atoms with van der Waals surface area (Å²) >= 11 is 0. The zero-order valence-electron chi connectivity index (χ0n) is 13.8. The molecule has 24 heavy (non-hydrogen) atoms. The molecule has 3 aromatic rings. The first-order valence-electron chi connectivity index (χ1n) is 8.44. The lowest BCUT2D eigenvalue weighted by molar-refractivity contribution is 0.0724. The van der Waals surface area contributed by atoms with E-state index in [-0.39, 0.29) is 5.91 Å². The maximum Gasteiger partial charge on any atom is 0.253 e. The Hall–Kier alpha value is -2.69. The molecule has 0 saturated carbocycles. The number of pyridine rings is 1. The van der Waals surface area contributed by atoms with Gasteiger partial charge in [0.05, 0.1) is 0 Å². The third-order valence-corrected chi connectivity index (χ3v) is 4.60. The number of imidazole rings is 1. The van der Waals surface area contributed by atoms with Crippen molar-refractivity contribution < 1.29 is 4.79 Å². The highest BCUT2D eigenvalue weighted by molar-refractivity contribution is 5.94. The molecule has 122 valence electrons. The standard InChI is InChI=1S/C19H20N4O/c1-14-21-17-6-5-11-20-18(17)23(14)16-9-7-15(8-10-16)19(24)22-12-3-2-4-13-22/h5-11H,2-4,12-13H2,1H3. The number of aromatic nitrogens is 3. The van der Waals surface area contributed by atoms with E-state index in [1.807, 2.05) is 52.8 Å². The lowest BCUT2D eigenvalue weighted by atomic mass is 10.1. The summed E-state index contributed by atoms with van der Waals surface area (Å²) in [6.07, 6.45) is 5.21. The summed E-state index contributed by atoms with van der Waals surface area (Å²) in [5, 5.41) is 0. The minimum absolute atomic E-state index is 0.131. The topological polar surface area (TPSA) is 51.0 Å². The molecule has 1 aliphatic heterocycles. The van der Waals surface area contributed by atoms with E-state index in [0.717, 1.165) is 54.2 Å². The summed E-state index contributed by atoms with van der Waals surface area (Å²) in [4.78, 5) is 23.5. The van der Waals surface area contributed by atoms with Gasteiger partial charge in [-0.2, -0.15) is 0 Å². The highest BCUT2D eigenvalue weighted by Gasteiger charge is 2.18. The number of carbonyl (C=O) groups is 1. The Balaban J connectivity index is 1.66. The average Bonchev–Trinajstić information content (AvgIpc) is 2.98. The molecule has 0 spiro atoms. The number of hydrogen-bond acceptors (Lipinski definition) is 3. The third kappa shape index (κ3) is 2.56. The van der Waals surface area contributed by atoms with Crippen molar-refractivity contribution in [3.8, 4) is 5.69 Å². The van der Waals surface area contributed by atoms with Gasteiger partial charge in [0, 0.05) is 30.5 Å². The van der Waals surface area contributed by atoms with Crippen LogP contribution >= 0.6 is 0 Å². The molecule has 0 bridgehead atoms. The van der Waals surface area contributed by atoms with E-state index < -0.39 is 0 Å². The second kappa shape index (κ2) is 6.07. The Morgan fingerprint density at radius 1 is 1.04 bits per heavy atom. The smallest absolute Gasteiger partial charge is 0.253 e. The lowest BCUT2D eigenvalue weighted by Gasteiger charge is -2.26. The number of carbonyl (C=O) groups excluding carboxylic acids is 1. The van der Waals surface area contributed by atoms with Gasteiger partial charge in [0.15, 0.2) is 5.65 Å². The predicted octanol–water partition coefficient (Wildman–Crippen LogP) is 3.36.